The fourth-order valence-corrected chi connectivity index (χ4v) is 14.4. The molecule has 9 rings (SSSR count). The van der Waals surface area contributed by atoms with Crippen molar-refractivity contribution in [3.63, 3.8) is 0 Å². The normalized spacial score (nSPS) is 23.9. The van der Waals surface area contributed by atoms with Gasteiger partial charge in [-0.2, -0.15) is 0 Å². The third kappa shape index (κ3) is 17.0. The molecule has 3 aromatic heterocycles. The van der Waals surface area contributed by atoms with Gasteiger partial charge in [-0.3, -0.25) is 9.69 Å². The van der Waals surface area contributed by atoms with Gasteiger partial charge in [-0.1, -0.05) is 157 Å². The largest absolute Gasteiger partial charge is 0.476 e. The first-order valence-electron chi connectivity index (χ1n) is 30.3. The number of sulfonamides is 1. The van der Waals surface area contributed by atoms with Gasteiger partial charge in [-0.25, -0.2) is 23.1 Å². The molecule has 12 nitrogen and oxygen atoms in total. The Labute approximate surface area is 487 Å². The molecule has 1 saturated heterocycles. The van der Waals surface area contributed by atoms with Crippen molar-refractivity contribution >= 4 is 61.4 Å². The highest BCUT2D eigenvalue weighted by Crippen LogP contribution is 2.45. The van der Waals surface area contributed by atoms with Gasteiger partial charge in [0.2, 0.25) is 5.88 Å². The number of benzene rings is 2. The fourth-order valence-electron chi connectivity index (χ4n) is 13.0. The molecule has 434 valence electrons. The predicted octanol–water partition coefficient (Wildman–Crippen LogP) is 16.2. The molecule has 5 aromatic rings. The predicted molar refractivity (Wildman–Crippen MR) is 325 cm³/mol. The standard InChI is InChI=1S/C65H88Cl2N6O6S/c1-64(2)31-27-51(58(42-64)48-21-23-53(66)24-22-48)45-72-34-36-73(37-35-72)54-25-26-57(60(40-54)79-55-39-50-29-33-68-61(50)69-43-55)62(74)71-80(76,77)56-41-59(67)63(70-44-56)78-46-52-28-32-65(3,75)30-17-15-13-11-9-7-5-4-6-8-10-12-14-16-18-47-19-20-49(52)38-47/h21-26,29,33,39-41,43-44,47,49,52,75H,4-20,27-28,30-32,34-38,42,45-46H2,1-3H3,(H,68,69)(H,71,74)/t47?,49-,52-,65-/m1/s1. The van der Waals surface area contributed by atoms with Gasteiger partial charge < -0.3 is 24.5 Å². The Balaban J connectivity index is 0.856. The Hall–Kier alpha value is -4.66. The Kier molecular flexibility index (Phi) is 21.0. The minimum atomic E-state index is -4.47. The van der Waals surface area contributed by atoms with Crippen LogP contribution in [0.4, 0.5) is 5.69 Å². The van der Waals surface area contributed by atoms with E-state index in [1.54, 1.807) is 24.5 Å². The van der Waals surface area contributed by atoms with Crippen molar-refractivity contribution in [2.24, 2.45) is 23.2 Å². The van der Waals surface area contributed by atoms with E-state index in [0.29, 0.717) is 36.3 Å². The second-order valence-corrected chi connectivity index (χ2v) is 27.5. The lowest BCUT2D eigenvalue weighted by Crippen LogP contribution is -2.47. The number of H-pyrrole nitrogens is 1. The van der Waals surface area contributed by atoms with Crippen molar-refractivity contribution in [3.05, 3.63) is 106 Å². The van der Waals surface area contributed by atoms with E-state index in [-0.39, 0.29) is 38.4 Å². The maximum atomic E-state index is 14.2. The monoisotopic (exact) mass is 1150 g/mol. The van der Waals surface area contributed by atoms with E-state index in [4.69, 9.17) is 32.7 Å². The van der Waals surface area contributed by atoms with Gasteiger partial charge in [0.1, 0.15) is 27.1 Å². The van der Waals surface area contributed by atoms with Gasteiger partial charge >= 0.3 is 0 Å². The first-order chi connectivity index (χ1) is 38.6. The number of hydrogen-bond acceptors (Lipinski definition) is 10. The molecule has 0 radical (unpaired) electrons. The van der Waals surface area contributed by atoms with E-state index in [1.165, 1.54) is 119 Å². The third-order valence-corrected chi connectivity index (χ3v) is 19.8. The van der Waals surface area contributed by atoms with Gasteiger partial charge in [0.15, 0.2) is 0 Å². The summed E-state index contributed by atoms with van der Waals surface area (Å²) in [5.74, 6) is 1.22. The van der Waals surface area contributed by atoms with Gasteiger partial charge in [0.25, 0.3) is 15.9 Å². The highest BCUT2D eigenvalue weighted by molar-refractivity contribution is 7.90. The zero-order valence-corrected chi connectivity index (χ0v) is 50.2. The van der Waals surface area contributed by atoms with Crippen LogP contribution in [0, 0.1) is 23.2 Å². The number of aromatic amines is 1. The molecule has 3 N–H and O–H groups in total. The lowest BCUT2D eigenvalue weighted by Gasteiger charge is -2.39. The number of anilines is 1. The first-order valence-corrected chi connectivity index (χ1v) is 32.6. The van der Waals surface area contributed by atoms with E-state index in [2.05, 4.69) is 55.5 Å². The molecule has 15 heteroatoms. The number of rotatable bonds is 12. The van der Waals surface area contributed by atoms with Crippen LogP contribution in [0.3, 0.4) is 0 Å². The molecule has 80 heavy (non-hydrogen) atoms. The lowest BCUT2D eigenvalue weighted by atomic mass is 9.72. The molecular weight excluding hydrogens is 1060 g/mol. The number of fused-ring (bicyclic) bond motifs is 3. The minimum absolute atomic E-state index is 0.0337. The van der Waals surface area contributed by atoms with Crippen LogP contribution in [0.15, 0.2) is 89.7 Å². The zero-order chi connectivity index (χ0) is 56.1. The average Bonchev–Trinajstić information content (AvgIpc) is 4.14. The van der Waals surface area contributed by atoms with Crippen LogP contribution >= 0.6 is 23.2 Å². The van der Waals surface area contributed by atoms with Crippen molar-refractivity contribution in [2.45, 2.75) is 185 Å². The average molecular weight is 1150 g/mol. The number of nitrogens with one attached hydrogen (secondary N) is 2. The maximum absolute atomic E-state index is 14.2. The van der Waals surface area contributed by atoms with Crippen LogP contribution in [0.2, 0.25) is 10.0 Å². The molecule has 2 aromatic carbocycles. The van der Waals surface area contributed by atoms with Crippen molar-refractivity contribution in [1.82, 2.24) is 24.6 Å². The van der Waals surface area contributed by atoms with Gasteiger partial charge in [0.05, 0.1) is 30.2 Å². The third-order valence-electron chi connectivity index (χ3n) is 18.0. The second kappa shape index (κ2) is 28.1. The number of piperazine rings is 1. The van der Waals surface area contributed by atoms with Crippen LogP contribution in [-0.4, -0.2) is 84.2 Å². The van der Waals surface area contributed by atoms with E-state index in [0.717, 1.165) is 107 Å². The van der Waals surface area contributed by atoms with Crippen LogP contribution < -0.4 is 19.1 Å². The number of nitrogens with zero attached hydrogens (tertiary/aromatic N) is 4. The molecule has 4 heterocycles. The fraction of sp³-hybridized carbons (Fsp3) is 0.585. The summed E-state index contributed by atoms with van der Waals surface area (Å²) in [6.07, 6.45) is 33.0. The number of halogens is 2. The Bertz CT molecular complexity index is 2970. The summed E-state index contributed by atoms with van der Waals surface area (Å²) in [6, 6.07) is 18.5. The molecule has 2 saturated carbocycles. The van der Waals surface area contributed by atoms with Crippen LogP contribution in [0.5, 0.6) is 17.4 Å². The van der Waals surface area contributed by atoms with E-state index in [9.17, 15) is 18.3 Å². The Morgan fingerprint density at radius 3 is 2.19 bits per heavy atom. The molecule has 1 amide bonds. The van der Waals surface area contributed by atoms with E-state index >= 15 is 0 Å². The number of allylic oxidation sites excluding steroid dienone is 1. The second-order valence-electron chi connectivity index (χ2n) is 25.0. The summed E-state index contributed by atoms with van der Waals surface area (Å²) in [4.78, 5) is 30.8. The smallest absolute Gasteiger partial charge is 0.268 e. The van der Waals surface area contributed by atoms with Crippen LogP contribution in [0.1, 0.15) is 191 Å². The Morgan fingerprint density at radius 1 is 0.775 bits per heavy atom. The van der Waals surface area contributed by atoms with Gasteiger partial charge in [-0.15, -0.1) is 0 Å². The topological polar surface area (TPSA) is 150 Å². The van der Waals surface area contributed by atoms with Gasteiger partial charge in [-0.05, 0) is 135 Å². The van der Waals surface area contributed by atoms with Crippen LogP contribution in [-0.2, 0) is 10.0 Å². The quantitative estimate of drug-likeness (QED) is 0.110. The van der Waals surface area contributed by atoms with E-state index < -0.39 is 21.5 Å². The number of aromatic nitrogens is 3. The summed E-state index contributed by atoms with van der Waals surface area (Å²) in [6.45, 7) is 11.2. The molecular formula is C65H88Cl2N6O6S. The molecule has 4 aliphatic rings. The van der Waals surface area contributed by atoms with Crippen molar-refractivity contribution in [2.75, 3.05) is 44.2 Å². The summed E-state index contributed by atoms with van der Waals surface area (Å²) >= 11 is 13.1. The van der Waals surface area contributed by atoms with Crippen molar-refractivity contribution < 1.29 is 27.8 Å². The summed E-state index contributed by atoms with van der Waals surface area (Å²) in [7, 11) is -4.47. The molecule has 1 unspecified atom stereocenters. The van der Waals surface area contributed by atoms with E-state index in [1.807, 2.05) is 37.3 Å². The molecule has 0 spiro atoms. The molecule has 3 fully saturated rings. The summed E-state index contributed by atoms with van der Waals surface area (Å²) in [5, 5.41) is 13.2. The number of ether oxygens (including phenoxy) is 2. The number of hydrogen-bond donors (Lipinski definition) is 3. The number of pyridine rings is 2. The Morgan fingerprint density at radius 2 is 1.48 bits per heavy atom. The SMILES string of the molecule is CC1(C)CCC(CN2CCN(c3ccc(C(=O)NS(=O)(=O)c4cnc(OC[C@H]5CC[C@](C)(O)CCCCCCCCCCCCCCCCC6CC[C@@H]5C6)c(Cl)c4)c(Oc4cnc5[nH]ccc5c4)c3)CC2)=C(c2ccc(Cl)cc2)C1. The summed E-state index contributed by atoms with van der Waals surface area (Å²) in [5.41, 5.74) is 5.22. The maximum Gasteiger partial charge on any atom is 0.268 e. The highest BCUT2D eigenvalue weighted by Gasteiger charge is 2.34. The van der Waals surface area contributed by atoms with Crippen LogP contribution in [0.25, 0.3) is 16.6 Å². The highest BCUT2D eigenvalue weighted by atomic mass is 35.5. The molecule has 1 aliphatic heterocycles. The first kappa shape index (κ1) is 59.9. The molecule has 2 bridgehead atoms. The zero-order valence-electron chi connectivity index (χ0n) is 47.9. The number of carbonyl (C=O) groups excluding carboxylic acids is 1. The molecule has 3 aliphatic carbocycles. The van der Waals surface area contributed by atoms with Crippen molar-refractivity contribution in [3.8, 4) is 17.4 Å². The minimum Gasteiger partial charge on any atom is -0.476 e. The van der Waals surface area contributed by atoms with Crippen molar-refractivity contribution in [1.29, 1.82) is 0 Å². The summed E-state index contributed by atoms with van der Waals surface area (Å²) < 4.78 is 43.2. The number of amides is 1. The number of carbonyl (C=O) groups is 1. The van der Waals surface area contributed by atoms with Gasteiger partial charge in [0, 0.05) is 61.1 Å². The number of aliphatic hydroxyl groups is 1. The lowest BCUT2D eigenvalue weighted by molar-refractivity contribution is 0.0260. The molecule has 4 atom stereocenters.